The molecule has 160 valence electrons. The van der Waals surface area contributed by atoms with Gasteiger partial charge in [0.1, 0.15) is 11.6 Å². The molecule has 0 N–H and O–H groups in total. The minimum atomic E-state index is -0.277. The van der Waals surface area contributed by atoms with Gasteiger partial charge in [0.15, 0.2) is 0 Å². The zero-order valence-corrected chi connectivity index (χ0v) is 18.2. The van der Waals surface area contributed by atoms with E-state index in [-0.39, 0.29) is 23.8 Å². The number of carbonyl (C=O) groups is 1. The summed E-state index contributed by atoms with van der Waals surface area (Å²) in [7, 11) is 1.64. The summed E-state index contributed by atoms with van der Waals surface area (Å²) in [6, 6.07) is 13.8. The molecule has 0 bridgehead atoms. The molecule has 1 amide bonds. The number of halogens is 1. The van der Waals surface area contributed by atoms with E-state index in [4.69, 9.17) is 4.74 Å². The third-order valence-corrected chi connectivity index (χ3v) is 5.51. The summed E-state index contributed by atoms with van der Waals surface area (Å²) in [5, 5.41) is 0. The van der Waals surface area contributed by atoms with Crippen molar-refractivity contribution in [1.29, 1.82) is 0 Å². The molecular formula is C25H31FN2O2. The molecule has 0 spiro atoms. The van der Waals surface area contributed by atoms with Gasteiger partial charge in [-0.2, -0.15) is 0 Å². The Hall–Kier alpha value is -2.66. The SMILES string of the molecule is COc1ccc(C2/C=C\CN(CC(C)C)C(C)C(=O)N2Cc2ccc(F)cc2)cc1. The van der Waals surface area contributed by atoms with Crippen molar-refractivity contribution in [1.82, 2.24) is 9.80 Å². The quantitative estimate of drug-likeness (QED) is 0.640. The van der Waals surface area contributed by atoms with Crippen LogP contribution in [0.3, 0.4) is 0 Å². The summed E-state index contributed by atoms with van der Waals surface area (Å²) in [4.78, 5) is 17.7. The molecule has 0 aliphatic carbocycles. The highest BCUT2D eigenvalue weighted by Gasteiger charge is 2.32. The van der Waals surface area contributed by atoms with Crippen molar-refractivity contribution in [2.45, 2.75) is 39.4 Å². The van der Waals surface area contributed by atoms with Crippen LogP contribution < -0.4 is 4.74 Å². The van der Waals surface area contributed by atoms with Crippen LogP contribution in [0.1, 0.15) is 37.9 Å². The van der Waals surface area contributed by atoms with Crippen molar-refractivity contribution < 1.29 is 13.9 Å². The lowest BCUT2D eigenvalue weighted by atomic mass is 10.00. The summed E-state index contributed by atoms with van der Waals surface area (Å²) in [5.41, 5.74) is 1.92. The van der Waals surface area contributed by atoms with Crippen molar-refractivity contribution in [2.75, 3.05) is 20.2 Å². The molecule has 0 fully saturated rings. The molecule has 4 nitrogen and oxygen atoms in total. The number of hydrogen-bond donors (Lipinski definition) is 0. The smallest absolute Gasteiger partial charge is 0.240 e. The van der Waals surface area contributed by atoms with E-state index >= 15 is 0 Å². The monoisotopic (exact) mass is 410 g/mol. The van der Waals surface area contributed by atoms with Gasteiger partial charge < -0.3 is 9.64 Å². The minimum absolute atomic E-state index is 0.0742. The largest absolute Gasteiger partial charge is 0.497 e. The molecular weight excluding hydrogens is 379 g/mol. The van der Waals surface area contributed by atoms with Gasteiger partial charge in [-0.1, -0.05) is 50.3 Å². The summed E-state index contributed by atoms with van der Waals surface area (Å²) in [5.74, 6) is 1.04. The fraction of sp³-hybridized carbons (Fsp3) is 0.400. The molecule has 1 aliphatic rings. The third kappa shape index (κ3) is 5.28. The third-order valence-electron chi connectivity index (χ3n) is 5.51. The van der Waals surface area contributed by atoms with Crippen LogP contribution in [0.5, 0.6) is 5.75 Å². The van der Waals surface area contributed by atoms with E-state index in [1.165, 1.54) is 12.1 Å². The van der Waals surface area contributed by atoms with Crippen LogP contribution in [0.15, 0.2) is 60.7 Å². The molecule has 2 atom stereocenters. The van der Waals surface area contributed by atoms with E-state index in [1.54, 1.807) is 19.2 Å². The van der Waals surface area contributed by atoms with E-state index in [2.05, 4.69) is 30.9 Å². The number of ether oxygens (including phenoxy) is 1. The standard InChI is InChI=1S/C25H31FN2O2/c1-18(2)16-27-15-5-6-24(21-9-13-23(30-4)14-10-21)28(25(29)19(27)3)17-20-7-11-22(26)12-8-20/h5-14,18-19,24H,15-17H2,1-4H3/b6-5-. The summed E-state index contributed by atoms with van der Waals surface area (Å²) < 4.78 is 18.7. The first-order chi connectivity index (χ1) is 14.4. The van der Waals surface area contributed by atoms with Gasteiger partial charge >= 0.3 is 0 Å². The lowest BCUT2D eigenvalue weighted by molar-refractivity contribution is -0.139. The average Bonchev–Trinajstić information content (AvgIpc) is 2.74. The molecule has 5 heteroatoms. The second kappa shape index (κ2) is 9.90. The van der Waals surface area contributed by atoms with E-state index in [0.717, 1.165) is 30.0 Å². The van der Waals surface area contributed by atoms with E-state index in [0.29, 0.717) is 12.5 Å². The molecule has 0 saturated carbocycles. The topological polar surface area (TPSA) is 32.8 Å². The lowest BCUT2D eigenvalue weighted by Gasteiger charge is -2.38. The van der Waals surface area contributed by atoms with Gasteiger partial charge in [0.25, 0.3) is 0 Å². The van der Waals surface area contributed by atoms with Crippen molar-refractivity contribution in [2.24, 2.45) is 5.92 Å². The molecule has 2 aromatic rings. The van der Waals surface area contributed by atoms with Crippen molar-refractivity contribution in [3.63, 3.8) is 0 Å². The molecule has 3 rings (SSSR count). The summed E-state index contributed by atoms with van der Waals surface area (Å²) in [6.07, 6.45) is 4.25. The van der Waals surface area contributed by atoms with Crippen molar-refractivity contribution in [3.05, 3.63) is 77.6 Å². The predicted octanol–water partition coefficient (Wildman–Crippen LogP) is 4.82. The predicted molar refractivity (Wildman–Crippen MR) is 118 cm³/mol. The Labute approximate surface area is 178 Å². The van der Waals surface area contributed by atoms with Crippen LogP contribution in [-0.4, -0.2) is 41.9 Å². The van der Waals surface area contributed by atoms with Gasteiger partial charge in [0.05, 0.1) is 19.2 Å². The number of hydrogen-bond acceptors (Lipinski definition) is 3. The normalized spacial score (nSPS) is 21.4. The van der Waals surface area contributed by atoms with Gasteiger partial charge in [-0.3, -0.25) is 9.69 Å². The number of rotatable bonds is 6. The van der Waals surface area contributed by atoms with E-state index in [1.807, 2.05) is 36.1 Å². The second-order valence-corrected chi connectivity index (χ2v) is 8.26. The zero-order valence-electron chi connectivity index (χ0n) is 18.2. The molecule has 30 heavy (non-hydrogen) atoms. The average molecular weight is 411 g/mol. The highest BCUT2D eigenvalue weighted by Crippen LogP contribution is 2.29. The zero-order chi connectivity index (χ0) is 21.7. The van der Waals surface area contributed by atoms with Crippen molar-refractivity contribution in [3.8, 4) is 5.75 Å². The maximum Gasteiger partial charge on any atom is 0.240 e. The minimum Gasteiger partial charge on any atom is -0.497 e. The Balaban J connectivity index is 1.98. The van der Waals surface area contributed by atoms with E-state index in [9.17, 15) is 9.18 Å². The summed E-state index contributed by atoms with van der Waals surface area (Å²) in [6.45, 7) is 8.32. The second-order valence-electron chi connectivity index (χ2n) is 8.26. The number of nitrogens with zero attached hydrogens (tertiary/aromatic N) is 2. The molecule has 1 heterocycles. The van der Waals surface area contributed by atoms with Gasteiger partial charge in [-0.25, -0.2) is 4.39 Å². The van der Waals surface area contributed by atoms with Crippen LogP contribution in [0, 0.1) is 11.7 Å². The molecule has 0 radical (unpaired) electrons. The highest BCUT2D eigenvalue weighted by atomic mass is 19.1. The highest BCUT2D eigenvalue weighted by molar-refractivity contribution is 5.82. The molecule has 2 unspecified atom stereocenters. The maximum atomic E-state index is 13.6. The lowest BCUT2D eigenvalue weighted by Crippen LogP contribution is -2.50. The Morgan fingerprint density at radius 1 is 1.10 bits per heavy atom. The van der Waals surface area contributed by atoms with Gasteiger partial charge in [0.2, 0.25) is 5.91 Å². The molecule has 0 aromatic heterocycles. The van der Waals surface area contributed by atoms with Crippen LogP contribution in [0.4, 0.5) is 4.39 Å². The van der Waals surface area contributed by atoms with Gasteiger partial charge in [-0.05, 0) is 48.2 Å². The first kappa shape index (κ1) is 22.0. The Kier molecular flexibility index (Phi) is 7.27. The van der Waals surface area contributed by atoms with Gasteiger partial charge in [0, 0.05) is 19.6 Å². The van der Waals surface area contributed by atoms with Crippen molar-refractivity contribution >= 4 is 5.91 Å². The Morgan fingerprint density at radius 3 is 2.37 bits per heavy atom. The maximum absolute atomic E-state index is 13.6. The molecule has 2 aromatic carbocycles. The fourth-order valence-corrected chi connectivity index (χ4v) is 3.88. The van der Waals surface area contributed by atoms with E-state index < -0.39 is 0 Å². The number of benzene rings is 2. The Bertz CT molecular complexity index is 862. The fourth-order valence-electron chi connectivity index (χ4n) is 3.88. The van der Waals surface area contributed by atoms with Crippen LogP contribution in [0.2, 0.25) is 0 Å². The van der Waals surface area contributed by atoms with Crippen LogP contribution >= 0.6 is 0 Å². The molecule has 0 saturated heterocycles. The first-order valence-electron chi connectivity index (χ1n) is 10.5. The number of amides is 1. The molecule has 1 aliphatic heterocycles. The van der Waals surface area contributed by atoms with Gasteiger partial charge in [-0.15, -0.1) is 0 Å². The summed E-state index contributed by atoms with van der Waals surface area (Å²) >= 11 is 0. The van der Waals surface area contributed by atoms with Crippen LogP contribution in [-0.2, 0) is 11.3 Å². The first-order valence-corrected chi connectivity index (χ1v) is 10.5. The van der Waals surface area contributed by atoms with Crippen LogP contribution in [0.25, 0.3) is 0 Å². The number of carbonyl (C=O) groups excluding carboxylic acids is 1. The number of methoxy groups -OCH3 is 1. The Morgan fingerprint density at radius 2 is 1.77 bits per heavy atom.